The lowest BCUT2D eigenvalue weighted by Gasteiger charge is -2.41. The smallest absolute Gasteiger partial charge is 0.135 e. The number of aromatic nitrogens is 1. The van der Waals surface area contributed by atoms with Gasteiger partial charge in [0.15, 0.2) is 0 Å². The first-order chi connectivity index (χ1) is 11.4. The molecule has 0 spiro atoms. The molecular formula is C18H28N4OS. The number of nitrogens with two attached hydrogens (primary N) is 1. The number of hydrogen-bond donors (Lipinski definition) is 1. The van der Waals surface area contributed by atoms with Crippen molar-refractivity contribution in [2.24, 2.45) is 5.73 Å². The van der Waals surface area contributed by atoms with E-state index in [-0.39, 0.29) is 17.7 Å². The molecule has 0 saturated carbocycles. The summed E-state index contributed by atoms with van der Waals surface area (Å²) >= 11 is 1.90. The third-order valence-corrected chi connectivity index (χ3v) is 6.07. The van der Waals surface area contributed by atoms with Crippen LogP contribution in [0.25, 0.3) is 4.91 Å². The van der Waals surface area contributed by atoms with Gasteiger partial charge < -0.3 is 15.4 Å². The molecule has 5 nitrogen and oxygen atoms in total. The number of morpholine rings is 1. The van der Waals surface area contributed by atoms with Crippen LogP contribution in [0.15, 0.2) is 17.8 Å². The molecule has 2 N–H and O–H groups in total. The van der Waals surface area contributed by atoms with Crippen molar-refractivity contribution in [2.45, 2.75) is 45.4 Å². The average molecular weight is 349 g/mol. The Balaban J connectivity index is 1.89. The van der Waals surface area contributed by atoms with Crippen LogP contribution in [0, 0.1) is 13.8 Å². The minimum atomic E-state index is 0.263. The standard InChI is InChI=1S/C18H28N4OS/c1-11-6-15(7-12(2)20-11)17-16(8-19)21(5)18(24-17)22-9-13(3)23-14(4)10-22/h6-7,13-14,18H,8-10,19H2,1-5H3/t13-,14+,18?. The first kappa shape index (κ1) is 17.7. The van der Waals surface area contributed by atoms with Crippen molar-refractivity contribution >= 4 is 16.7 Å². The average Bonchev–Trinajstić information content (AvgIpc) is 2.82. The molecule has 3 atom stereocenters. The largest absolute Gasteiger partial charge is 0.373 e. The van der Waals surface area contributed by atoms with Gasteiger partial charge in [-0.25, -0.2) is 0 Å². The molecule has 132 valence electrons. The third kappa shape index (κ3) is 3.47. The van der Waals surface area contributed by atoms with E-state index in [2.05, 4.69) is 47.8 Å². The predicted molar refractivity (Wildman–Crippen MR) is 100 cm³/mol. The van der Waals surface area contributed by atoms with E-state index in [1.807, 2.05) is 25.6 Å². The van der Waals surface area contributed by atoms with Gasteiger partial charge >= 0.3 is 0 Å². The Hall–Kier alpha value is -1.08. The van der Waals surface area contributed by atoms with E-state index in [1.165, 1.54) is 16.2 Å². The van der Waals surface area contributed by atoms with Gasteiger partial charge in [0.05, 0.1) is 12.2 Å². The molecule has 6 heteroatoms. The summed E-state index contributed by atoms with van der Waals surface area (Å²) in [6.45, 7) is 10.8. The Morgan fingerprint density at radius 2 is 1.79 bits per heavy atom. The van der Waals surface area contributed by atoms with Crippen LogP contribution in [0.3, 0.4) is 0 Å². The van der Waals surface area contributed by atoms with Crippen LogP contribution in [-0.4, -0.2) is 59.2 Å². The molecule has 2 aliphatic heterocycles. The summed E-state index contributed by atoms with van der Waals surface area (Å²) in [4.78, 5) is 10.6. The topological polar surface area (TPSA) is 54.6 Å². The number of thioether (sulfide) groups is 1. The van der Waals surface area contributed by atoms with Crippen LogP contribution in [-0.2, 0) is 4.74 Å². The number of nitrogens with zero attached hydrogens (tertiary/aromatic N) is 3. The SMILES string of the molecule is Cc1cc(C2=C(CN)N(C)C(N3C[C@@H](C)O[C@@H](C)C3)S2)cc(C)n1. The second-order valence-corrected chi connectivity index (χ2v) is 7.95. The van der Waals surface area contributed by atoms with Crippen LogP contribution in [0.2, 0.25) is 0 Å². The molecule has 0 amide bonds. The number of rotatable bonds is 3. The van der Waals surface area contributed by atoms with E-state index in [4.69, 9.17) is 10.5 Å². The molecule has 0 radical (unpaired) electrons. The quantitative estimate of drug-likeness (QED) is 0.905. The van der Waals surface area contributed by atoms with Gasteiger partial charge in [0, 0.05) is 48.7 Å². The molecule has 0 bridgehead atoms. The Morgan fingerprint density at radius 1 is 1.21 bits per heavy atom. The second kappa shape index (κ2) is 7.04. The second-order valence-electron chi connectivity index (χ2n) is 6.88. The fourth-order valence-electron chi connectivity index (χ4n) is 3.70. The first-order valence-electron chi connectivity index (χ1n) is 8.57. The summed E-state index contributed by atoms with van der Waals surface area (Å²) < 4.78 is 5.89. The number of ether oxygens (including phenoxy) is 1. The highest BCUT2D eigenvalue weighted by Crippen LogP contribution is 2.45. The van der Waals surface area contributed by atoms with Crippen molar-refractivity contribution in [1.29, 1.82) is 0 Å². The summed E-state index contributed by atoms with van der Waals surface area (Å²) in [5.74, 6) is 0. The molecule has 24 heavy (non-hydrogen) atoms. The minimum absolute atomic E-state index is 0.263. The summed E-state index contributed by atoms with van der Waals surface area (Å²) in [5, 5.41) is 0. The first-order valence-corrected chi connectivity index (χ1v) is 9.45. The van der Waals surface area contributed by atoms with Gasteiger partial charge in [-0.3, -0.25) is 9.88 Å². The normalized spacial score (nSPS) is 28.8. The number of likely N-dealkylation sites (N-methyl/N-ethyl adjacent to an activating group) is 1. The van der Waals surface area contributed by atoms with Crippen molar-refractivity contribution in [2.75, 3.05) is 26.7 Å². The van der Waals surface area contributed by atoms with Gasteiger partial charge in [-0.1, -0.05) is 11.8 Å². The van der Waals surface area contributed by atoms with Crippen molar-refractivity contribution < 1.29 is 4.74 Å². The van der Waals surface area contributed by atoms with Gasteiger partial charge in [-0.2, -0.15) is 0 Å². The minimum Gasteiger partial charge on any atom is -0.373 e. The fourth-order valence-corrected chi connectivity index (χ4v) is 5.14. The van der Waals surface area contributed by atoms with E-state index in [9.17, 15) is 0 Å². The van der Waals surface area contributed by atoms with Gasteiger partial charge in [-0.15, -0.1) is 0 Å². The highest BCUT2D eigenvalue weighted by atomic mass is 32.2. The third-order valence-electron chi connectivity index (χ3n) is 4.54. The van der Waals surface area contributed by atoms with Gasteiger partial charge in [0.1, 0.15) is 5.50 Å². The molecule has 2 aliphatic rings. The van der Waals surface area contributed by atoms with Gasteiger partial charge in [-0.05, 0) is 45.4 Å². The molecular weight excluding hydrogens is 320 g/mol. The zero-order valence-corrected chi connectivity index (χ0v) is 16.1. The molecule has 1 aromatic rings. The van der Waals surface area contributed by atoms with Gasteiger partial charge in [0.2, 0.25) is 0 Å². The molecule has 3 rings (SSSR count). The number of pyridine rings is 1. The Labute approximate surface area is 149 Å². The molecule has 1 aromatic heterocycles. The van der Waals surface area contributed by atoms with Crippen LogP contribution in [0.5, 0.6) is 0 Å². The fraction of sp³-hybridized carbons (Fsp3) is 0.611. The predicted octanol–water partition coefficient (Wildman–Crippen LogP) is 2.40. The van der Waals surface area contributed by atoms with E-state index >= 15 is 0 Å². The zero-order valence-electron chi connectivity index (χ0n) is 15.2. The molecule has 0 aromatic carbocycles. The van der Waals surface area contributed by atoms with Crippen molar-refractivity contribution in [3.63, 3.8) is 0 Å². The molecule has 3 heterocycles. The molecule has 1 unspecified atom stereocenters. The number of hydrogen-bond acceptors (Lipinski definition) is 6. The van der Waals surface area contributed by atoms with Crippen molar-refractivity contribution in [3.8, 4) is 0 Å². The summed E-state index contributed by atoms with van der Waals surface area (Å²) in [6, 6.07) is 4.32. The van der Waals surface area contributed by atoms with Crippen molar-refractivity contribution in [3.05, 3.63) is 34.8 Å². The van der Waals surface area contributed by atoms with Crippen molar-refractivity contribution in [1.82, 2.24) is 14.8 Å². The molecule has 1 saturated heterocycles. The Bertz CT molecular complexity index is 618. The summed E-state index contributed by atoms with van der Waals surface area (Å²) in [6.07, 6.45) is 0.525. The van der Waals surface area contributed by atoms with Gasteiger partial charge in [0.25, 0.3) is 0 Å². The van der Waals surface area contributed by atoms with Crippen LogP contribution >= 0.6 is 11.8 Å². The van der Waals surface area contributed by atoms with Crippen LogP contribution in [0.4, 0.5) is 0 Å². The lowest BCUT2D eigenvalue weighted by atomic mass is 10.1. The highest BCUT2D eigenvalue weighted by molar-refractivity contribution is 8.09. The molecule has 0 aliphatic carbocycles. The van der Waals surface area contributed by atoms with Crippen LogP contribution in [0.1, 0.15) is 30.8 Å². The lowest BCUT2D eigenvalue weighted by Crippen LogP contribution is -2.52. The number of aryl methyl sites for hydroxylation is 2. The van der Waals surface area contributed by atoms with E-state index in [0.29, 0.717) is 6.54 Å². The Morgan fingerprint density at radius 3 is 2.33 bits per heavy atom. The maximum absolute atomic E-state index is 6.10. The monoisotopic (exact) mass is 348 g/mol. The maximum Gasteiger partial charge on any atom is 0.135 e. The van der Waals surface area contributed by atoms with E-state index in [0.717, 1.165) is 24.5 Å². The van der Waals surface area contributed by atoms with E-state index in [1.54, 1.807) is 0 Å². The summed E-state index contributed by atoms with van der Waals surface area (Å²) in [5.41, 5.74) is 10.9. The zero-order chi connectivity index (χ0) is 17.4. The van der Waals surface area contributed by atoms with Crippen LogP contribution < -0.4 is 5.73 Å². The molecule has 1 fully saturated rings. The Kier molecular flexibility index (Phi) is 5.20. The summed E-state index contributed by atoms with van der Waals surface area (Å²) in [7, 11) is 2.15. The van der Waals surface area contributed by atoms with E-state index < -0.39 is 0 Å². The maximum atomic E-state index is 6.10. The highest BCUT2D eigenvalue weighted by Gasteiger charge is 2.37. The lowest BCUT2D eigenvalue weighted by molar-refractivity contribution is -0.0817.